The first-order valence-electron chi connectivity index (χ1n) is 12.8. The van der Waals surface area contributed by atoms with E-state index in [4.69, 9.17) is 9.47 Å². The van der Waals surface area contributed by atoms with Crippen molar-refractivity contribution in [1.82, 2.24) is 30.1 Å². The maximum absolute atomic E-state index is 13.6. The molecule has 0 bridgehead atoms. The van der Waals surface area contributed by atoms with E-state index in [1.165, 1.54) is 12.1 Å². The van der Waals surface area contributed by atoms with Crippen molar-refractivity contribution in [3.05, 3.63) is 81.7 Å². The average Bonchev–Trinajstić information content (AvgIpc) is 3.59. The minimum absolute atomic E-state index is 0.156. The molecule has 1 N–H and O–H groups in total. The predicted molar refractivity (Wildman–Crippen MR) is 141 cm³/mol. The molecule has 0 spiro atoms. The molecule has 6 rings (SSSR count). The van der Waals surface area contributed by atoms with E-state index in [2.05, 4.69) is 52.3 Å². The molecule has 10 heteroatoms. The molecular formula is C28H29FN6O3. The van der Waals surface area contributed by atoms with Crippen molar-refractivity contribution in [2.24, 2.45) is 0 Å². The molecule has 196 valence electrons. The van der Waals surface area contributed by atoms with Crippen LogP contribution in [0.15, 0.2) is 53.3 Å². The van der Waals surface area contributed by atoms with Crippen LogP contribution < -0.4 is 15.0 Å². The van der Waals surface area contributed by atoms with Gasteiger partial charge in [-0.05, 0) is 72.5 Å². The lowest BCUT2D eigenvalue weighted by molar-refractivity contribution is 0.174. The number of nitrogens with one attached hydrogen (secondary N) is 1. The number of fused-ring (bicyclic) bond motifs is 2. The third-order valence-electron chi connectivity index (χ3n) is 7.66. The van der Waals surface area contributed by atoms with Crippen LogP contribution in [-0.2, 0) is 5.54 Å². The lowest BCUT2D eigenvalue weighted by atomic mass is 9.95. The smallest absolute Gasteiger partial charge is 0.253 e. The van der Waals surface area contributed by atoms with Crippen LogP contribution in [0.2, 0.25) is 0 Å². The highest BCUT2D eigenvalue weighted by Crippen LogP contribution is 2.37. The van der Waals surface area contributed by atoms with Gasteiger partial charge in [0.2, 0.25) is 6.79 Å². The number of rotatable bonds is 6. The number of benzene rings is 2. The van der Waals surface area contributed by atoms with Crippen LogP contribution in [0.25, 0.3) is 16.5 Å². The lowest BCUT2D eigenvalue weighted by Crippen LogP contribution is -2.40. The van der Waals surface area contributed by atoms with Gasteiger partial charge in [-0.2, -0.15) is 0 Å². The number of hydrogen-bond acceptors (Lipinski definition) is 7. The van der Waals surface area contributed by atoms with E-state index in [9.17, 15) is 9.18 Å². The third-order valence-corrected chi connectivity index (χ3v) is 7.66. The standard InChI is InChI=1S/C28H29FN6O3/c1-4-28(2,3)35-26(31-32-33-35)25(34-11-9-18(10-12-34)17-5-7-20(29)8-6-17)21-13-19-14-23-24(38-16-37-23)15-22(19)30-27(21)36/h5-9,13-15,25H,4,10-12,16H2,1-3H3,(H,30,36)/t25-/m0/s1. The van der Waals surface area contributed by atoms with Crippen LogP contribution in [-0.4, -0.2) is 50.0 Å². The normalized spacial score (nSPS) is 16.6. The number of nitrogens with zero attached hydrogens (tertiary/aromatic N) is 5. The van der Waals surface area contributed by atoms with Crippen molar-refractivity contribution in [1.29, 1.82) is 0 Å². The molecule has 0 aliphatic carbocycles. The van der Waals surface area contributed by atoms with Gasteiger partial charge in [0.15, 0.2) is 17.3 Å². The Kier molecular flexibility index (Phi) is 5.98. The molecule has 4 heterocycles. The molecule has 0 amide bonds. The second kappa shape index (κ2) is 9.36. The van der Waals surface area contributed by atoms with Gasteiger partial charge in [0.25, 0.3) is 5.56 Å². The third kappa shape index (κ3) is 4.24. The molecule has 2 aromatic carbocycles. The predicted octanol–water partition coefficient (Wildman–Crippen LogP) is 4.41. The maximum Gasteiger partial charge on any atom is 0.253 e. The summed E-state index contributed by atoms with van der Waals surface area (Å²) in [4.78, 5) is 18.8. The van der Waals surface area contributed by atoms with Gasteiger partial charge in [-0.25, -0.2) is 9.07 Å². The molecule has 4 aromatic rings. The molecule has 2 aliphatic heterocycles. The first-order valence-corrected chi connectivity index (χ1v) is 12.8. The monoisotopic (exact) mass is 516 g/mol. The maximum atomic E-state index is 13.6. The first kappa shape index (κ1) is 24.3. The molecule has 0 fully saturated rings. The van der Waals surface area contributed by atoms with Crippen LogP contribution in [0.5, 0.6) is 11.5 Å². The number of H-pyrrole nitrogens is 1. The second-order valence-electron chi connectivity index (χ2n) is 10.3. The molecule has 0 saturated carbocycles. The number of aromatic amines is 1. The van der Waals surface area contributed by atoms with Gasteiger partial charge in [0, 0.05) is 30.1 Å². The first-order chi connectivity index (χ1) is 18.3. The van der Waals surface area contributed by atoms with Gasteiger partial charge in [0.05, 0.1) is 11.1 Å². The van der Waals surface area contributed by atoms with Gasteiger partial charge >= 0.3 is 0 Å². The van der Waals surface area contributed by atoms with E-state index in [1.807, 2.05) is 16.8 Å². The molecule has 38 heavy (non-hydrogen) atoms. The van der Waals surface area contributed by atoms with E-state index in [1.54, 1.807) is 18.2 Å². The Morgan fingerprint density at radius 3 is 2.61 bits per heavy atom. The largest absolute Gasteiger partial charge is 0.454 e. The van der Waals surface area contributed by atoms with Crippen LogP contribution in [0.1, 0.15) is 56.6 Å². The zero-order valence-corrected chi connectivity index (χ0v) is 21.6. The fourth-order valence-electron chi connectivity index (χ4n) is 5.11. The highest BCUT2D eigenvalue weighted by Gasteiger charge is 2.35. The number of tetrazole rings is 1. The Hall–Kier alpha value is -4.05. The van der Waals surface area contributed by atoms with Gasteiger partial charge in [-0.3, -0.25) is 9.69 Å². The van der Waals surface area contributed by atoms with Gasteiger partial charge in [-0.15, -0.1) is 5.10 Å². The lowest BCUT2D eigenvalue weighted by Gasteiger charge is -2.35. The molecule has 1 atom stereocenters. The van der Waals surface area contributed by atoms with Crippen LogP contribution in [0.4, 0.5) is 4.39 Å². The SMILES string of the molecule is CCC(C)(C)n1nnnc1[C@H](c1cc2cc3c(cc2[nH]c1=O)OCO3)N1CC=C(c2ccc(F)cc2)CC1. The minimum atomic E-state index is -0.486. The van der Waals surface area contributed by atoms with Gasteiger partial charge in [-0.1, -0.05) is 25.1 Å². The topological polar surface area (TPSA) is 98.2 Å². The Labute approximate surface area is 218 Å². The summed E-state index contributed by atoms with van der Waals surface area (Å²) in [6, 6.07) is 11.7. The van der Waals surface area contributed by atoms with E-state index < -0.39 is 6.04 Å². The molecule has 2 aliphatic rings. The van der Waals surface area contributed by atoms with E-state index in [0.29, 0.717) is 41.5 Å². The number of pyridine rings is 1. The fraction of sp³-hybridized carbons (Fsp3) is 0.357. The summed E-state index contributed by atoms with van der Waals surface area (Å²) in [6.45, 7) is 7.66. The summed E-state index contributed by atoms with van der Waals surface area (Å²) < 4.78 is 26.3. The van der Waals surface area contributed by atoms with E-state index in [-0.39, 0.29) is 23.7 Å². The summed E-state index contributed by atoms with van der Waals surface area (Å²) in [5.74, 6) is 1.62. The number of halogens is 1. The van der Waals surface area contributed by atoms with Crippen molar-refractivity contribution in [3.8, 4) is 11.5 Å². The zero-order chi connectivity index (χ0) is 26.4. The zero-order valence-electron chi connectivity index (χ0n) is 21.6. The summed E-state index contributed by atoms with van der Waals surface area (Å²) in [6.07, 6.45) is 3.69. The number of aromatic nitrogens is 5. The van der Waals surface area contributed by atoms with E-state index in [0.717, 1.165) is 29.4 Å². The highest BCUT2D eigenvalue weighted by molar-refractivity contribution is 5.83. The molecule has 0 radical (unpaired) electrons. The van der Waals surface area contributed by atoms with Crippen LogP contribution >= 0.6 is 0 Å². The van der Waals surface area contributed by atoms with Crippen molar-refractivity contribution >= 4 is 16.5 Å². The number of ether oxygens (including phenoxy) is 2. The van der Waals surface area contributed by atoms with Crippen molar-refractivity contribution in [2.75, 3.05) is 19.9 Å². The van der Waals surface area contributed by atoms with E-state index >= 15 is 0 Å². The number of hydrogen-bond donors (Lipinski definition) is 1. The average molecular weight is 517 g/mol. The van der Waals surface area contributed by atoms with Crippen molar-refractivity contribution < 1.29 is 13.9 Å². The van der Waals surface area contributed by atoms with Gasteiger partial charge < -0.3 is 14.5 Å². The minimum Gasteiger partial charge on any atom is -0.454 e. The Bertz CT molecular complexity index is 1590. The quantitative estimate of drug-likeness (QED) is 0.405. The fourth-order valence-corrected chi connectivity index (χ4v) is 5.11. The summed E-state index contributed by atoms with van der Waals surface area (Å²) >= 11 is 0. The summed E-state index contributed by atoms with van der Waals surface area (Å²) in [7, 11) is 0. The Balaban J connectivity index is 1.45. The molecule has 2 aromatic heterocycles. The molecular weight excluding hydrogens is 487 g/mol. The van der Waals surface area contributed by atoms with Crippen LogP contribution in [0, 0.1) is 5.82 Å². The Morgan fingerprint density at radius 1 is 1.13 bits per heavy atom. The summed E-state index contributed by atoms with van der Waals surface area (Å²) in [5, 5.41) is 13.6. The molecule has 0 unspecified atom stereocenters. The van der Waals surface area contributed by atoms with Crippen LogP contribution in [0.3, 0.4) is 0 Å². The molecule has 0 saturated heterocycles. The van der Waals surface area contributed by atoms with Crippen molar-refractivity contribution in [2.45, 2.75) is 45.2 Å². The highest BCUT2D eigenvalue weighted by atomic mass is 19.1. The molecule has 9 nitrogen and oxygen atoms in total. The second-order valence-corrected chi connectivity index (χ2v) is 10.3. The summed E-state index contributed by atoms with van der Waals surface area (Å²) in [5.41, 5.74) is 2.81. The van der Waals surface area contributed by atoms with Crippen molar-refractivity contribution in [3.63, 3.8) is 0 Å². The Morgan fingerprint density at radius 2 is 1.89 bits per heavy atom. The van der Waals surface area contributed by atoms with Gasteiger partial charge in [0.1, 0.15) is 11.9 Å².